The smallest absolute Gasteiger partial charge is 0.336 e. The van der Waals surface area contributed by atoms with Gasteiger partial charge in [-0.25, -0.2) is 4.79 Å². The summed E-state index contributed by atoms with van der Waals surface area (Å²) in [5.74, 6) is 0. The second kappa shape index (κ2) is 3.46. The molecule has 1 aromatic carbocycles. The maximum atomic E-state index is 11.3. The molecule has 0 N–H and O–H groups in total. The highest BCUT2D eigenvalue weighted by atomic mass is 16.4. The van der Waals surface area contributed by atoms with Gasteiger partial charge in [-0.1, -0.05) is 0 Å². The summed E-state index contributed by atoms with van der Waals surface area (Å²) in [7, 11) is 6.24. The molecule has 1 heterocycles. The molecule has 0 aliphatic heterocycles. The maximum absolute atomic E-state index is 11.3. The molecule has 0 amide bonds. The van der Waals surface area contributed by atoms with Gasteiger partial charge in [0.25, 0.3) is 0 Å². The zero-order chi connectivity index (χ0) is 11.9. The molecular formula is C13H16NO2+. The fourth-order valence-electron chi connectivity index (χ4n) is 1.73. The summed E-state index contributed by atoms with van der Waals surface area (Å²) in [6.45, 7) is 1.92. The normalized spacial score (nSPS) is 12.0. The first-order valence-corrected chi connectivity index (χ1v) is 5.24. The molecule has 84 valence electrons. The van der Waals surface area contributed by atoms with Crippen molar-refractivity contribution in [2.24, 2.45) is 0 Å². The van der Waals surface area contributed by atoms with Gasteiger partial charge in [-0.2, -0.15) is 0 Å². The lowest BCUT2D eigenvalue weighted by molar-refractivity contribution is 0.484. The van der Waals surface area contributed by atoms with E-state index in [-0.39, 0.29) is 5.63 Å². The minimum absolute atomic E-state index is 0.288. The summed E-state index contributed by atoms with van der Waals surface area (Å²) in [5.41, 5.74) is 2.44. The van der Waals surface area contributed by atoms with Crippen molar-refractivity contribution in [3.8, 4) is 0 Å². The first kappa shape index (κ1) is 10.9. The Bertz CT molecular complexity index is 591. The molecule has 0 unspecified atom stereocenters. The van der Waals surface area contributed by atoms with Crippen molar-refractivity contribution >= 4 is 16.7 Å². The molecule has 0 fully saturated rings. The van der Waals surface area contributed by atoms with Crippen molar-refractivity contribution in [2.45, 2.75) is 6.92 Å². The minimum atomic E-state index is -0.288. The predicted octanol–water partition coefficient (Wildman–Crippen LogP) is 2.30. The van der Waals surface area contributed by atoms with Gasteiger partial charge in [0.2, 0.25) is 0 Å². The number of aryl methyl sites for hydroxylation is 1. The third-order valence-corrected chi connectivity index (χ3v) is 2.71. The van der Waals surface area contributed by atoms with Crippen LogP contribution in [0.3, 0.4) is 0 Å². The predicted molar refractivity (Wildman–Crippen MR) is 66.8 cm³/mol. The van der Waals surface area contributed by atoms with Crippen molar-refractivity contribution < 1.29 is 4.42 Å². The van der Waals surface area contributed by atoms with Gasteiger partial charge in [-0.05, 0) is 24.6 Å². The monoisotopic (exact) mass is 218 g/mol. The van der Waals surface area contributed by atoms with Crippen molar-refractivity contribution in [2.75, 3.05) is 21.1 Å². The SMILES string of the molecule is Cc1cc(=O)oc2cc([N+](C)(C)C)ccc12. The summed E-state index contributed by atoms with van der Waals surface area (Å²) in [6, 6.07) is 7.53. The highest BCUT2D eigenvalue weighted by Gasteiger charge is 2.13. The fraction of sp³-hybridized carbons (Fsp3) is 0.308. The number of quaternary nitrogens is 1. The number of benzene rings is 1. The summed E-state index contributed by atoms with van der Waals surface area (Å²) in [5, 5.41) is 0.997. The number of fused-ring (bicyclic) bond motifs is 1. The van der Waals surface area contributed by atoms with Crippen molar-refractivity contribution in [1.82, 2.24) is 4.48 Å². The number of nitrogens with zero attached hydrogens (tertiary/aromatic N) is 1. The van der Waals surface area contributed by atoms with E-state index in [0.717, 1.165) is 16.6 Å². The molecule has 1 aromatic heterocycles. The van der Waals surface area contributed by atoms with Gasteiger partial charge in [0.1, 0.15) is 11.3 Å². The summed E-state index contributed by atoms with van der Waals surface area (Å²) < 4.78 is 5.91. The van der Waals surface area contributed by atoms with E-state index in [4.69, 9.17) is 4.42 Å². The lowest BCUT2D eigenvalue weighted by Gasteiger charge is -2.23. The quantitative estimate of drug-likeness (QED) is 0.543. The van der Waals surface area contributed by atoms with Gasteiger partial charge in [0, 0.05) is 17.5 Å². The molecule has 3 nitrogen and oxygen atoms in total. The third kappa shape index (κ3) is 1.86. The zero-order valence-corrected chi connectivity index (χ0v) is 10.1. The van der Waals surface area contributed by atoms with Gasteiger partial charge < -0.3 is 4.42 Å². The van der Waals surface area contributed by atoms with Crippen molar-refractivity contribution in [1.29, 1.82) is 0 Å². The van der Waals surface area contributed by atoms with E-state index in [9.17, 15) is 4.79 Å². The highest BCUT2D eigenvalue weighted by molar-refractivity contribution is 5.82. The van der Waals surface area contributed by atoms with Gasteiger partial charge in [0.05, 0.1) is 21.1 Å². The second-order valence-electron chi connectivity index (χ2n) is 4.94. The molecule has 0 radical (unpaired) electrons. The van der Waals surface area contributed by atoms with Crippen LogP contribution < -0.4 is 10.1 Å². The van der Waals surface area contributed by atoms with Crippen LogP contribution in [0.5, 0.6) is 0 Å². The standard InChI is InChI=1S/C13H16NO2/c1-9-7-13(15)16-12-8-10(14(2,3)4)5-6-11(9)12/h5-8H,1-4H3/q+1. The van der Waals surface area contributed by atoms with Crippen molar-refractivity contribution in [3.63, 3.8) is 0 Å². The van der Waals surface area contributed by atoms with Gasteiger partial charge in [0.15, 0.2) is 0 Å². The Kier molecular flexibility index (Phi) is 2.35. The third-order valence-electron chi connectivity index (χ3n) is 2.71. The molecule has 0 aliphatic rings. The molecule has 0 bridgehead atoms. The molecule has 16 heavy (non-hydrogen) atoms. The first-order valence-electron chi connectivity index (χ1n) is 5.24. The molecule has 3 heteroatoms. The molecule has 0 atom stereocenters. The van der Waals surface area contributed by atoms with Crippen LogP contribution in [0.4, 0.5) is 5.69 Å². The Labute approximate surface area is 94.5 Å². The first-order chi connectivity index (χ1) is 7.38. The second-order valence-corrected chi connectivity index (χ2v) is 4.94. The lowest BCUT2D eigenvalue weighted by Crippen LogP contribution is -2.34. The lowest BCUT2D eigenvalue weighted by atomic mass is 10.1. The average molecular weight is 218 g/mol. The van der Waals surface area contributed by atoms with E-state index < -0.39 is 0 Å². The van der Waals surface area contributed by atoms with E-state index in [1.165, 1.54) is 6.07 Å². The zero-order valence-electron chi connectivity index (χ0n) is 10.1. The van der Waals surface area contributed by atoms with Gasteiger partial charge in [-0.3, -0.25) is 4.48 Å². The number of hydrogen-bond acceptors (Lipinski definition) is 2. The largest absolute Gasteiger partial charge is 0.422 e. The molecule has 0 aliphatic carbocycles. The molecule has 2 rings (SSSR count). The summed E-state index contributed by atoms with van der Waals surface area (Å²) in [6.07, 6.45) is 0. The summed E-state index contributed by atoms with van der Waals surface area (Å²) >= 11 is 0. The van der Waals surface area contributed by atoms with E-state index in [2.05, 4.69) is 27.2 Å². The molecule has 0 saturated carbocycles. The van der Waals surface area contributed by atoms with Gasteiger partial charge >= 0.3 is 5.63 Å². The Morgan fingerprint density at radius 1 is 1.12 bits per heavy atom. The molecule has 0 saturated heterocycles. The van der Waals surface area contributed by atoms with Crippen LogP contribution in [0.1, 0.15) is 5.56 Å². The fourth-order valence-corrected chi connectivity index (χ4v) is 1.73. The Morgan fingerprint density at radius 3 is 2.44 bits per heavy atom. The van der Waals surface area contributed by atoms with Crippen LogP contribution in [0.2, 0.25) is 0 Å². The Balaban J connectivity index is 2.76. The Hall–Kier alpha value is -1.61. The highest BCUT2D eigenvalue weighted by Crippen LogP contribution is 2.24. The van der Waals surface area contributed by atoms with Crippen LogP contribution >= 0.6 is 0 Å². The number of rotatable bonds is 1. The minimum Gasteiger partial charge on any atom is -0.422 e. The maximum Gasteiger partial charge on any atom is 0.336 e. The van der Waals surface area contributed by atoms with Crippen LogP contribution in [0.15, 0.2) is 33.5 Å². The van der Waals surface area contributed by atoms with E-state index in [1.807, 2.05) is 19.1 Å². The average Bonchev–Trinajstić information content (AvgIpc) is 2.15. The number of hydrogen-bond donors (Lipinski definition) is 0. The van der Waals surface area contributed by atoms with E-state index in [1.54, 1.807) is 0 Å². The van der Waals surface area contributed by atoms with Crippen LogP contribution in [-0.2, 0) is 0 Å². The van der Waals surface area contributed by atoms with Crippen LogP contribution in [0, 0.1) is 6.92 Å². The van der Waals surface area contributed by atoms with E-state index in [0.29, 0.717) is 10.1 Å². The van der Waals surface area contributed by atoms with Gasteiger partial charge in [-0.15, -0.1) is 0 Å². The topological polar surface area (TPSA) is 30.2 Å². The van der Waals surface area contributed by atoms with E-state index >= 15 is 0 Å². The van der Waals surface area contributed by atoms with Crippen molar-refractivity contribution in [3.05, 3.63) is 40.2 Å². The Morgan fingerprint density at radius 2 is 1.81 bits per heavy atom. The van der Waals surface area contributed by atoms with Crippen LogP contribution in [-0.4, -0.2) is 21.1 Å². The molecule has 0 spiro atoms. The molecule has 2 aromatic rings. The van der Waals surface area contributed by atoms with Crippen LogP contribution in [0.25, 0.3) is 11.0 Å². The summed E-state index contributed by atoms with van der Waals surface area (Å²) in [4.78, 5) is 11.3. The molecular weight excluding hydrogens is 202 g/mol.